The van der Waals surface area contributed by atoms with Crippen LogP contribution in [0.5, 0.6) is 0 Å². The number of ether oxygens (including phenoxy) is 1. The molecular formula is C25H20BrCl2N3O3S. The molecule has 2 heterocycles. The Kier molecular flexibility index (Phi) is 7.76. The van der Waals surface area contributed by atoms with E-state index in [0.29, 0.717) is 37.5 Å². The Bertz CT molecular complexity index is 1440. The molecule has 2 aromatic heterocycles. The van der Waals surface area contributed by atoms with E-state index >= 15 is 0 Å². The minimum absolute atomic E-state index is 0.0720. The van der Waals surface area contributed by atoms with Crippen LogP contribution in [-0.2, 0) is 11.3 Å². The van der Waals surface area contributed by atoms with Crippen molar-refractivity contribution in [2.75, 3.05) is 21.2 Å². The van der Waals surface area contributed by atoms with Crippen LogP contribution in [0, 0.1) is 0 Å². The average Bonchev–Trinajstić information content (AvgIpc) is 3.19. The summed E-state index contributed by atoms with van der Waals surface area (Å²) in [5, 5.41) is 2.44. The Balaban J connectivity index is 1.76. The maximum atomic E-state index is 12.6. The number of carbonyl (C=O) groups excluding carboxylic acids is 2. The summed E-state index contributed by atoms with van der Waals surface area (Å²) >= 11 is 17.2. The van der Waals surface area contributed by atoms with Crippen molar-refractivity contribution in [3.63, 3.8) is 0 Å². The predicted octanol–water partition coefficient (Wildman–Crippen LogP) is 6.79. The quantitative estimate of drug-likeness (QED) is 0.182. The van der Waals surface area contributed by atoms with Gasteiger partial charge in [0.25, 0.3) is 5.91 Å². The fraction of sp³-hybridized carbons (Fsp3) is 0.160. The highest BCUT2D eigenvalue weighted by Gasteiger charge is 2.20. The topological polar surface area (TPSA) is 64.4 Å². The van der Waals surface area contributed by atoms with Crippen molar-refractivity contribution in [3.8, 4) is 0 Å². The third-order valence-electron chi connectivity index (χ3n) is 5.29. The van der Waals surface area contributed by atoms with Gasteiger partial charge in [0.2, 0.25) is 0 Å². The number of hydrogen-bond donors (Lipinski definition) is 0. The minimum atomic E-state index is -0.453. The standard InChI is InChI=1S/C25H20BrCl2N3O3S/c1-30(2)24(32)15-6-4-14(5-7-15)13-31-20-12-22(35-16-8-9-18(27)19(28)10-16)29-23(26)17(20)11-21(31)25(33)34-3/h4-12H,13H2,1-3H3. The van der Waals surface area contributed by atoms with Gasteiger partial charge in [0.05, 0.1) is 22.7 Å². The Morgan fingerprint density at radius 1 is 1.06 bits per heavy atom. The predicted molar refractivity (Wildman–Crippen MR) is 143 cm³/mol. The number of nitrogens with zero attached hydrogens (tertiary/aromatic N) is 3. The number of aromatic nitrogens is 2. The summed E-state index contributed by atoms with van der Waals surface area (Å²) in [5.74, 6) is -0.525. The van der Waals surface area contributed by atoms with Gasteiger partial charge in [0.15, 0.2) is 0 Å². The van der Waals surface area contributed by atoms with Crippen LogP contribution >= 0.6 is 50.9 Å². The number of rotatable bonds is 6. The SMILES string of the molecule is COC(=O)c1cc2c(Br)nc(Sc3ccc(Cl)c(Cl)c3)cc2n1Cc1ccc(C(=O)N(C)C)cc1. The van der Waals surface area contributed by atoms with E-state index in [1.165, 1.54) is 23.8 Å². The summed E-state index contributed by atoms with van der Waals surface area (Å²) in [4.78, 5) is 31.9. The molecule has 0 spiro atoms. The molecule has 4 rings (SSSR count). The molecule has 0 aliphatic heterocycles. The lowest BCUT2D eigenvalue weighted by molar-refractivity contribution is 0.0589. The number of pyridine rings is 1. The summed E-state index contributed by atoms with van der Waals surface area (Å²) < 4.78 is 7.52. The van der Waals surface area contributed by atoms with Gasteiger partial charge in [-0.3, -0.25) is 4.79 Å². The Morgan fingerprint density at radius 2 is 1.77 bits per heavy atom. The molecule has 1 amide bonds. The van der Waals surface area contributed by atoms with Gasteiger partial charge < -0.3 is 14.2 Å². The molecule has 0 atom stereocenters. The molecule has 0 aliphatic rings. The number of esters is 1. The van der Waals surface area contributed by atoms with E-state index in [9.17, 15) is 9.59 Å². The zero-order valence-corrected chi connectivity index (χ0v) is 22.9. The van der Waals surface area contributed by atoms with Crippen molar-refractivity contribution in [1.29, 1.82) is 0 Å². The fourth-order valence-electron chi connectivity index (χ4n) is 3.54. The second kappa shape index (κ2) is 10.6. The molecule has 4 aromatic rings. The van der Waals surface area contributed by atoms with E-state index in [-0.39, 0.29) is 5.91 Å². The van der Waals surface area contributed by atoms with Crippen LogP contribution in [0.3, 0.4) is 0 Å². The van der Waals surface area contributed by atoms with Gasteiger partial charge in [-0.15, -0.1) is 0 Å². The molecule has 10 heteroatoms. The van der Waals surface area contributed by atoms with Gasteiger partial charge >= 0.3 is 5.97 Å². The van der Waals surface area contributed by atoms with E-state index in [1.54, 1.807) is 44.4 Å². The highest BCUT2D eigenvalue weighted by Crippen LogP contribution is 2.36. The Labute approximate surface area is 225 Å². The van der Waals surface area contributed by atoms with Crippen LogP contribution in [0.1, 0.15) is 26.4 Å². The van der Waals surface area contributed by atoms with Gasteiger partial charge in [0.1, 0.15) is 15.3 Å². The first kappa shape index (κ1) is 25.6. The molecule has 0 saturated heterocycles. The summed E-state index contributed by atoms with van der Waals surface area (Å²) in [5.41, 5.74) is 2.73. The van der Waals surface area contributed by atoms with Crippen molar-refractivity contribution in [3.05, 3.63) is 86.1 Å². The van der Waals surface area contributed by atoms with Gasteiger partial charge in [-0.2, -0.15) is 0 Å². The molecule has 0 bridgehead atoms. The lowest BCUT2D eigenvalue weighted by Gasteiger charge is -2.13. The van der Waals surface area contributed by atoms with Crippen LogP contribution in [0.15, 0.2) is 69.1 Å². The first-order valence-corrected chi connectivity index (χ1v) is 12.8. The van der Waals surface area contributed by atoms with Crippen molar-refractivity contribution in [2.45, 2.75) is 16.5 Å². The smallest absolute Gasteiger partial charge is 0.354 e. The molecule has 0 saturated carbocycles. The second-order valence-electron chi connectivity index (χ2n) is 7.87. The van der Waals surface area contributed by atoms with Crippen molar-refractivity contribution in [1.82, 2.24) is 14.5 Å². The highest BCUT2D eigenvalue weighted by molar-refractivity contribution is 9.10. The molecule has 0 unspecified atom stereocenters. The fourth-order valence-corrected chi connectivity index (χ4v) is 5.39. The lowest BCUT2D eigenvalue weighted by Crippen LogP contribution is -2.21. The van der Waals surface area contributed by atoms with Gasteiger partial charge in [0, 0.05) is 36.5 Å². The summed E-state index contributed by atoms with van der Waals surface area (Å²) in [6.07, 6.45) is 0. The first-order valence-electron chi connectivity index (χ1n) is 10.4. The van der Waals surface area contributed by atoms with Crippen molar-refractivity contribution >= 4 is 73.7 Å². The number of fused-ring (bicyclic) bond motifs is 1. The van der Waals surface area contributed by atoms with Crippen LogP contribution in [-0.4, -0.2) is 47.5 Å². The summed E-state index contributed by atoms with van der Waals surface area (Å²) in [6.45, 7) is 0.400. The van der Waals surface area contributed by atoms with Gasteiger partial charge in [-0.1, -0.05) is 47.1 Å². The molecule has 0 fully saturated rings. The largest absolute Gasteiger partial charge is 0.464 e. The average molecular weight is 593 g/mol. The molecule has 0 N–H and O–H groups in total. The maximum Gasteiger partial charge on any atom is 0.354 e. The molecule has 180 valence electrons. The minimum Gasteiger partial charge on any atom is -0.464 e. The van der Waals surface area contributed by atoms with Crippen LogP contribution in [0.4, 0.5) is 0 Å². The zero-order valence-electron chi connectivity index (χ0n) is 19.0. The summed E-state index contributed by atoms with van der Waals surface area (Å²) in [6, 6.07) is 16.4. The van der Waals surface area contributed by atoms with Crippen LogP contribution in [0.2, 0.25) is 10.0 Å². The molecule has 0 aliphatic carbocycles. The van der Waals surface area contributed by atoms with Crippen LogP contribution < -0.4 is 0 Å². The van der Waals surface area contributed by atoms with E-state index < -0.39 is 5.97 Å². The summed E-state index contributed by atoms with van der Waals surface area (Å²) in [7, 11) is 4.78. The first-order chi connectivity index (χ1) is 16.7. The maximum absolute atomic E-state index is 12.6. The third kappa shape index (κ3) is 5.51. The Morgan fingerprint density at radius 3 is 2.40 bits per heavy atom. The number of methoxy groups -OCH3 is 1. The van der Waals surface area contributed by atoms with Gasteiger partial charge in [-0.05, 0) is 64.0 Å². The highest BCUT2D eigenvalue weighted by atomic mass is 79.9. The van der Waals surface area contributed by atoms with Crippen molar-refractivity contribution in [2.24, 2.45) is 0 Å². The molecule has 0 radical (unpaired) electrons. The van der Waals surface area contributed by atoms with E-state index in [0.717, 1.165) is 21.4 Å². The molecule has 35 heavy (non-hydrogen) atoms. The number of carbonyl (C=O) groups is 2. The monoisotopic (exact) mass is 591 g/mol. The Hall–Kier alpha value is -2.52. The molecule has 6 nitrogen and oxygen atoms in total. The third-order valence-corrected chi connectivity index (χ3v) is 7.54. The molecule has 2 aromatic carbocycles. The van der Waals surface area contributed by atoms with Crippen molar-refractivity contribution < 1.29 is 14.3 Å². The number of benzene rings is 2. The van der Waals surface area contributed by atoms with E-state index in [1.807, 2.05) is 28.8 Å². The number of hydrogen-bond acceptors (Lipinski definition) is 5. The second-order valence-corrected chi connectivity index (χ2v) is 10.5. The lowest BCUT2D eigenvalue weighted by atomic mass is 10.1. The normalized spacial score (nSPS) is 11.0. The zero-order chi connectivity index (χ0) is 25.3. The number of amides is 1. The number of halogens is 3. The van der Waals surface area contributed by atoms with Crippen LogP contribution in [0.25, 0.3) is 10.9 Å². The van der Waals surface area contributed by atoms with E-state index in [4.69, 9.17) is 27.9 Å². The van der Waals surface area contributed by atoms with Gasteiger partial charge in [-0.25, -0.2) is 9.78 Å². The van der Waals surface area contributed by atoms with E-state index in [2.05, 4.69) is 20.9 Å². The molecular weight excluding hydrogens is 573 g/mol.